The molecule has 2 rings (SSSR count). The number of hydrogen-bond donors (Lipinski definition) is 1. The fourth-order valence-corrected chi connectivity index (χ4v) is 2.17. The monoisotopic (exact) mass is 341 g/mol. The van der Waals surface area contributed by atoms with Gasteiger partial charge >= 0.3 is 5.97 Å². The first kappa shape index (κ1) is 18.1. The summed E-state index contributed by atoms with van der Waals surface area (Å²) in [7, 11) is 1.30. The first-order valence-electron chi connectivity index (χ1n) is 7.62. The first-order chi connectivity index (χ1) is 12.0. The van der Waals surface area contributed by atoms with Crippen molar-refractivity contribution in [3.05, 3.63) is 59.9 Å². The van der Waals surface area contributed by atoms with E-state index in [1.54, 1.807) is 48.8 Å². The van der Waals surface area contributed by atoms with Crippen LogP contribution in [-0.4, -0.2) is 41.3 Å². The zero-order valence-corrected chi connectivity index (χ0v) is 14.1. The Hall–Kier alpha value is -3.22. The lowest BCUT2D eigenvalue weighted by Gasteiger charge is -2.20. The molecule has 0 fully saturated rings. The molecule has 1 aromatic carbocycles. The summed E-state index contributed by atoms with van der Waals surface area (Å²) in [6.07, 6.45) is 3.27. The quantitative estimate of drug-likeness (QED) is 0.810. The molecule has 2 aromatic rings. The van der Waals surface area contributed by atoms with Gasteiger partial charge in [0.15, 0.2) is 0 Å². The first-order valence-corrected chi connectivity index (χ1v) is 7.62. The van der Waals surface area contributed by atoms with Gasteiger partial charge in [0.25, 0.3) is 0 Å². The van der Waals surface area contributed by atoms with Crippen molar-refractivity contribution in [3.8, 4) is 0 Å². The minimum Gasteiger partial charge on any atom is -0.465 e. The normalized spacial score (nSPS) is 10.0. The highest BCUT2D eigenvalue weighted by Crippen LogP contribution is 2.11. The van der Waals surface area contributed by atoms with Gasteiger partial charge in [-0.05, 0) is 42.0 Å². The molecular formula is C18H19N3O4. The molecule has 0 unspecified atom stereocenters. The molecule has 7 nitrogen and oxygen atoms in total. The molecule has 0 bridgehead atoms. The van der Waals surface area contributed by atoms with Crippen LogP contribution >= 0.6 is 0 Å². The number of anilines is 1. The maximum absolute atomic E-state index is 12.2. The van der Waals surface area contributed by atoms with Gasteiger partial charge in [0.05, 0.1) is 12.7 Å². The Morgan fingerprint density at radius 1 is 1.08 bits per heavy atom. The van der Waals surface area contributed by atoms with Crippen LogP contribution in [0.3, 0.4) is 0 Å². The van der Waals surface area contributed by atoms with Gasteiger partial charge in [0.2, 0.25) is 11.8 Å². The molecule has 130 valence electrons. The highest BCUT2D eigenvalue weighted by Gasteiger charge is 2.14. The van der Waals surface area contributed by atoms with Crippen LogP contribution in [0, 0.1) is 0 Å². The van der Waals surface area contributed by atoms with Gasteiger partial charge in [-0.2, -0.15) is 0 Å². The molecule has 25 heavy (non-hydrogen) atoms. The van der Waals surface area contributed by atoms with Gasteiger partial charge < -0.3 is 15.0 Å². The third kappa shape index (κ3) is 5.42. The van der Waals surface area contributed by atoms with Crippen LogP contribution in [0.1, 0.15) is 22.8 Å². The molecule has 0 aliphatic carbocycles. The fraction of sp³-hybridized carbons (Fsp3) is 0.222. The molecule has 0 saturated carbocycles. The molecule has 0 saturated heterocycles. The summed E-state index contributed by atoms with van der Waals surface area (Å²) in [4.78, 5) is 40.7. The van der Waals surface area contributed by atoms with E-state index in [1.165, 1.54) is 18.9 Å². The zero-order chi connectivity index (χ0) is 18.2. The zero-order valence-electron chi connectivity index (χ0n) is 14.1. The van der Waals surface area contributed by atoms with E-state index >= 15 is 0 Å². The molecule has 1 heterocycles. The van der Waals surface area contributed by atoms with Crippen LogP contribution in [0.25, 0.3) is 0 Å². The van der Waals surface area contributed by atoms with E-state index < -0.39 is 5.97 Å². The number of nitrogens with zero attached hydrogens (tertiary/aromatic N) is 2. The van der Waals surface area contributed by atoms with Crippen LogP contribution in [0.4, 0.5) is 5.69 Å². The fourth-order valence-electron chi connectivity index (χ4n) is 2.17. The predicted molar refractivity (Wildman–Crippen MR) is 91.7 cm³/mol. The second-order valence-corrected chi connectivity index (χ2v) is 5.35. The molecule has 7 heteroatoms. The number of hydrogen-bond acceptors (Lipinski definition) is 5. The molecule has 0 atom stereocenters. The Kier molecular flexibility index (Phi) is 6.22. The number of carbonyl (C=O) groups is 3. The SMILES string of the molecule is COC(=O)c1ccc(NC(=O)CN(Cc2ccncc2)C(C)=O)cc1. The van der Waals surface area contributed by atoms with Crippen molar-refractivity contribution in [3.63, 3.8) is 0 Å². The van der Waals surface area contributed by atoms with Crippen LogP contribution in [0.15, 0.2) is 48.8 Å². The maximum atomic E-state index is 12.2. The van der Waals surface area contributed by atoms with Crippen molar-refractivity contribution in [2.45, 2.75) is 13.5 Å². The van der Waals surface area contributed by atoms with E-state index in [4.69, 9.17) is 0 Å². The van der Waals surface area contributed by atoms with Crippen molar-refractivity contribution in [1.29, 1.82) is 0 Å². The number of amides is 2. The summed E-state index contributed by atoms with van der Waals surface area (Å²) >= 11 is 0. The number of esters is 1. The lowest BCUT2D eigenvalue weighted by atomic mass is 10.2. The highest BCUT2D eigenvalue weighted by atomic mass is 16.5. The van der Waals surface area contributed by atoms with Crippen LogP contribution < -0.4 is 5.32 Å². The lowest BCUT2D eigenvalue weighted by Crippen LogP contribution is -2.36. The molecular weight excluding hydrogens is 322 g/mol. The Morgan fingerprint density at radius 2 is 1.72 bits per heavy atom. The van der Waals surface area contributed by atoms with Crippen LogP contribution in [-0.2, 0) is 20.9 Å². The predicted octanol–water partition coefficient (Wildman–Crippen LogP) is 1.86. The van der Waals surface area contributed by atoms with E-state index in [0.717, 1.165) is 5.56 Å². The van der Waals surface area contributed by atoms with Gasteiger partial charge in [-0.15, -0.1) is 0 Å². The molecule has 1 N–H and O–H groups in total. The van der Waals surface area contributed by atoms with Crippen molar-refractivity contribution in [2.75, 3.05) is 19.0 Å². The van der Waals surface area contributed by atoms with E-state index in [0.29, 0.717) is 17.8 Å². The molecule has 0 aliphatic heterocycles. The Morgan fingerprint density at radius 3 is 2.28 bits per heavy atom. The number of benzene rings is 1. The largest absolute Gasteiger partial charge is 0.465 e. The molecule has 2 amide bonds. The highest BCUT2D eigenvalue weighted by molar-refractivity contribution is 5.95. The minimum absolute atomic E-state index is 0.0730. The van der Waals surface area contributed by atoms with Gasteiger partial charge in [-0.25, -0.2) is 4.79 Å². The van der Waals surface area contributed by atoms with E-state index in [9.17, 15) is 14.4 Å². The Balaban J connectivity index is 1.97. The van der Waals surface area contributed by atoms with Gasteiger partial charge in [-0.1, -0.05) is 0 Å². The minimum atomic E-state index is -0.446. The van der Waals surface area contributed by atoms with E-state index in [1.807, 2.05) is 0 Å². The number of ether oxygens (including phenoxy) is 1. The molecule has 0 radical (unpaired) electrons. The van der Waals surface area contributed by atoms with Crippen molar-refractivity contribution in [2.24, 2.45) is 0 Å². The summed E-state index contributed by atoms with van der Waals surface area (Å²) in [5.41, 5.74) is 1.81. The standard InChI is InChI=1S/C18H19N3O4/c1-13(22)21(11-14-7-9-19-10-8-14)12-17(23)20-16-5-3-15(4-6-16)18(24)25-2/h3-10H,11-12H2,1-2H3,(H,20,23). The smallest absolute Gasteiger partial charge is 0.337 e. The number of rotatable bonds is 6. The number of carbonyl (C=O) groups excluding carboxylic acids is 3. The molecule has 0 spiro atoms. The summed E-state index contributed by atoms with van der Waals surface area (Å²) in [5.74, 6) is -0.971. The number of nitrogens with one attached hydrogen (secondary N) is 1. The summed E-state index contributed by atoms with van der Waals surface area (Å²) in [6, 6.07) is 9.90. The van der Waals surface area contributed by atoms with E-state index in [2.05, 4.69) is 15.0 Å². The van der Waals surface area contributed by atoms with Gasteiger partial charge in [0.1, 0.15) is 6.54 Å². The van der Waals surface area contributed by atoms with E-state index in [-0.39, 0.29) is 18.4 Å². The lowest BCUT2D eigenvalue weighted by molar-refractivity contribution is -0.133. The van der Waals surface area contributed by atoms with Crippen LogP contribution in [0.5, 0.6) is 0 Å². The van der Waals surface area contributed by atoms with Crippen molar-refractivity contribution >= 4 is 23.5 Å². The maximum Gasteiger partial charge on any atom is 0.337 e. The van der Waals surface area contributed by atoms with Gasteiger partial charge in [0, 0.05) is 31.5 Å². The summed E-state index contributed by atoms with van der Waals surface area (Å²) in [5, 5.41) is 2.70. The Bertz CT molecular complexity index is 745. The van der Waals surface area contributed by atoms with Crippen molar-refractivity contribution in [1.82, 2.24) is 9.88 Å². The Labute approximate surface area is 145 Å². The van der Waals surface area contributed by atoms with Crippen LogP contribution in [0.2, 0.25) is 0 Å². The number of methoxy groups -OCH3 is 1. The summed E-state index contributed by atoms with van der Waals surface area (Å²) < 4.78 is 4.62. The average Bonchev–Trinajstić information content (AvgIpc) is 2.62. The third-order valence-corrected chi connectivity index (χ3v) is 3.49. The van der Waals surface area contributed by atoms with Crippen molar-refractivity contribution < 1.29 is 19.1 Å². The number of pyridine rings is 1. The molecule has 1 aromatic heterocycles. The third-order valence-electron chi connectivity index (χ3n) is 3.49. The topological polar surface area (TPSA) is 88.6 Å². The average molecular weight is 341 g/mol. The second-order valence-electron chi connectivity index (χ2n) is 5.35. The molecule has 0 aliphatic rings. The number of aromatic nitrogens is 1. The second kappa shape index (κ2) is 8.58. The van der Waals surface area contributed by atoms with Gasteiger partial charge in [-0.3, -0.25) is 14.6 Å². The summed E-state index contributed by atoms with van der Waals surface area (Å²) in [6.45, 7) is 1.67.